The molecule has 20 heavy (non-hydrogen) atoms. The maximum atomic E-state index is 13.3. The van der Waals surface area contributed by atoms with E-state index < -0.39 is 5.82 Å². The molecule has 106 valence electrons. The van der Waals surface area contributed by atoms with Gasteiger partial charge in [-0.3, -0.25) is 0 Å². The summed E-state index contributed by atoms with van der Waals surface area (Å²) in [5.74, 6) is 0.496. The van der Waals surface area contributed by atoms with E-state index in [0.29, 0.717) is 11.7 Å². The van der Waals surface area contributed by atoms with E-state index in [4.69, 9.17) is 14.0 Å². The van der Waals surface area contributed by atoms with Crippen LogP contribution in [0.5, 0.6) is 5.75 Å². The fraction of sp³-hybridized carbons (Fsp3) is 0.385. The van der Waals surface area contributed by atoms with Crippen LogP contribution >= 0.6 is 0 Å². The fourth-order valence-corrected chi connectivity index (χ4v) is 1.68. The normalized spacial score (nSPS) is 15.1. The lowest BCUT2D eigenvalue weighted by Crippen LogP contribution is -2.48. The zero-order valence-corrected chi connectivity index (χ0v) is 10.7. The summed E-state index contributed by atoms with van der Waals surface area (Å²) >= 11 is 0. The first-order valence-corrected chi connectivity index (χ1v) is 6.32. The van der Waals surface area contributed by atoms with Crippen molar-refractivity contribution in [1.29, 1.82) is 0 Å². The molecule has 3 rings (SSSR count). The molecule has 1 aromatic carbocycles. The minimum Gasteiger partial charge on any atom is -0.482 e. The molecule has 0 atom stereocenters. The highest BCUT2D eigenvalue weighted by molar-refractivity contribution is 5.23. The molecule has 1 aliphatic rings. The zero-order valence-electron chi connectivity index (χ0n) is 10.7. The predicted octanol–water partition coefficient (Wildman–Crippen LogP) is 1.28. The number of ether oxygens (including phenoxy) is 2. The molecule has 2 aromatic rings. The Morgan fingerprint density at radius 3 is 2.90 bits per heavy atom. The van der Waals surface area contributed by atoms with Crippen molar-refractivity contribution in [1.82, 2.24) is 15.5 Å². The van der Waals surface area contributed by atoms with Crippen LogP contribution in [0.25, 0.3) is 0 Å². The second-order valence-corrected chi connectivity index (χ2v) is 4.41. The van der Waals surface area contributed by atoms with Crippen molar-refractivity contribution in [2.75, 3.05) is 13.1 Å². The topological polar surface area (TPSA) is 69.4 Å². The number of hydrogen-bond acceptors (Lipinski definition) is 6. The van der Waals surface area contributed by atoms with Crippen LogP contribution in [0.15, 0.2) is 28.8 Å². The van der Waals surface area contributed by atoms with E-state index >= 15 is 0 Å². The monoisotopic (exact) mass is 279 g/mol. The number of para-hydroxylation sites is 1. The standard InChI is InChI=1S/C13H14FN3O3/c14-10-3-1-2-4-11(10)19-7-12-16-13(20-17-12)8-18-9-5-15-6-9/h1-4,9,15H,5-8H2. The molecule has 0 bridgehead atoms. The highest BCUT2D eigenvalue weighted by Gasteiger charge is 2.18. The van der Waals surface area contributed by atoms with Crippen molar-refractivity contribution in [2.24, 2.45) is 0 Å². The first-order valence-electron chi connectivity index (χ1n) is 6.32. The number of nitrogens with one attached hydrogen (secondary N) is 1. The summed E-state index contributed by atoms with van der Waals surface area (Å²) in [5, 5.41) is 6.85. The average Bonchev–Trinajstić information content (AvgIpc) is 2.84. The first-order chi connectivity index (χ1) is 9.81. The van der Waals surface area contributed by atoms with Gasteiger partial charge in [-0.05, 0) is 12.1 Å². The largest absolute Gasteiger partial charge is 0.482 e. The van der Waals surface area contributed by atoms with E-state index in [9.17, 15) is 4.39 Å². The van der Waals surface area contributed by atoms with E-state index in [1.54, 1.807) is 18.2 Å². The quantitative estimate of drug-likeness (QED) is 0.859. The van der Waals surface area contributed by atoms with Gasteiger partial charge in [0.25, 0.3) is 5.89 Å². The van der Waals surface area contributed by atoms with Gasteiger partial charge in [-0.2, -0.15) is 4.98 Å². The molecule has 0 spiro atoms. The van der Waals surface area contributed by atoms with Gasteiger partial charge in [-0.1, -0.05) is 17.3 Å². The van der Waals surface area contributed by atoms with Crippen LogP contribution in [0.1, 0.15) is 11.7 Å². The highest BCUT2D eigenvalue weighted by atomic mass is 19.1. The number of benzene rings is 1. The van der Waals surface area contributed by atoms with Crippen molar-refractivity contribution < 1.29 is 18.4 Å². The molecule has 0 aliphatic carbocycles. The van der Waals surface area contributed by atoms with Crippen molar-refractivity contribution in [3.8, 4) is 5.75 Å². The average molecular weight is 279 g/mol. The second-order valence-electron chi connectivity index (χ2n) is 4.41. The first kappa shape index (κ1) is 13.0. The molecule has 1 fully saturated rings. The van der Waals surface area contributed by atoms with Crippen LogP contribution in [-0.2, 0) is 18.0 Å². The minimum atomic E-state index is -0.419. The Hall–Kier alpha value is -1.99. The van der Waals surface area contributed by atoms with Gasteiger partial charge in [-0.25, -0.2) is 4.39 Å². The molecule has 1 aliphatic heterocycles. The maximum Gasteiger partial charge on any atom is 0.252 e. The minimum absolute atomic E-state index is 0.0510. The Morgan fingerprint density at radius 2 is 2.15 bits per heavy atom. The number of nitrogens with zero attached hydrogens (tertiary/aromatic N) is 2. The Bertz CT molecular complexity index is 571. The maximum absolute atomic E-state index is 13.3. The van der Waals surface area contributed by atoms with Gasteiger partial charge < -0.3 is 19.3 Å². The Morgan fingerprint density at radius 1 is 1.30 bits per heavy atom. The number of aromatic nitrogens is 2. The zero-order chi connectivity index (χ0) is 13.8. The van der Waals surface area contributed by atoms with Gasteiger partial charge in [0.05, 0.1) is 6.10 Å². The fourth-order valence-electron chi connectivity index (χ4n) is 1.68. The molecule has 0 radical (unpaired) electrons. The van der Waals surface area contributed by atoms with Gasteiger partial charge in [0.1, 0.15) is 6.61 Å². The van der Waals surface area contributed by atoms with E-state index in [1.807, 2.05) is 0 Å². The highest BCUT2D eigenvalue weighted by Crippen LogP contribution is 2.16. The van der Waals surface area contributed by atoms with Crippen molar-refractivity contribution in [3.63, 3.8) is 0 Å². The van der Waals surface area contributed by atoms with Crippen LogP contribution in [-0.4, -0.2) is 29.3 Å². The molecule has 1 N–H and O–H groups in total. The number of hydrogen-bond donors (Lipinski definition) is 1. The molecular weight excluding hydrogens is 265 g/mol. The SMILES string of the molecule is Fc1ccccc1OCc1noc(COC2CNC2)n1. The molecule has 6 nitrogen and oxygen atoms in total. The molecule has 2 heterocycles. The molecule has 7 heteroatoms. The predicted molar refractivity (Wildman–Crippen MR) is 66.5 cm³/mol. The molecule has 1 aromatic heterocycles. The van der Waals surface area contributed by atoms with Crippen LogP contribution in [0.3, 0.4) is 0 Å². The van der Waals surface area contributed by atoms with E-state index in [-0.39, 0.29) is 25.1 Å². The van der Waals surface area contributed by atoms with Crippen LogP contribution in [0.2, 0.25) is 0 Å². The van der Waals surface area contributed by atoms with Crippen LogP contribution < -0.4 is 10.1 Å². The van der Waals surface area contributed by atoms with Crippen LogP contribution in [0.4, 0.5) is 4.39 Å². The molecular formula is C13H14FN3O3. The molecule has 0 amide bonds. The third-order valence-electron chi connectivity index (χ3n) is 2.89. The third-order valence-corrected chi connectivity index (χ3v) is 2.89. The Labute approximate surface area is 114 Å². The Kier molecular flexibility index (Phi) is 3.89. The molecule has 1 saturated heterocycles. The van der Waals surface area contributed by atoms with Gasteiger partial charge in [0, 0.05) is 13.1 Å². The summed E-state index contributed by atoms with van der Waals surface area (Å²) in [7, 11) is 0. The van der Waals surface area contributed by atoms with Gasteiger partial charge >= 0.3 is 0 Å². The molecule has 0 unspecified atom stereocenters. The molecule has 0 saturated carbocycles. The van der Waals surface area contributed by atoms with Crippen molar-refractivity contribution in [3.05, 3.63) is 41.8 Å². The van der Waals surface area contributed by atoms with Crippen LogP contribution in [0, 0.1) is 5.82 Å². The van der Waals surface area contributed by atoms with E-state index in [2.05, 4.69) is 15.5 Å². The summed E-state index contributed by atoms with van der Waals surface area (Å²) in [5.41, 5.74) is 0. The number of halogens is 1. The lowest BCUT2D eigenvalue weighted by atomic mass is 10.2. The summed E-state index contributed by atoms with van der Waals surface area (Å²) in [6, 6.07) is 6.17. The lowest BCUT2D eigenvalue weighted by Gasteiger charge is -2.26. The second kappa shape index (κ2) is 5.98. The smallest absolute Gasteiger partial charge is 0.252 e. The van der Waals surface area contributed by atoms with Crippen molar-refractivity contribution in [2.45, 2.75) is 19.3 Å². The third kappa shape index (κ3) is 3.12. The van der Waals surface area contributed by atoms with E-state index in [1.165, 1.54) is 6.07 Å². The summed E-state index contributed by atoms with van der Waals surface area (Å²) < 4.78 is 29.1. The number of rotatable bonds is 6. The summed E-state index contributed by atoms with van der Waals surface area (Å²) in [6.07, 6.45) is 0.208. The van der Waals surface area contributed by atoms with Crippen molar-refractivity contribution >= 4 is 0 Å². The summed E-state index contributed by atoms with van der Waals surface area (Å²) in [4.78, 5) is 4.11. The van der Waals surface area contributed by atoms with E-state index in [0.717, 1.165) is 13.1 Å². The van der Waals surface area contributed by atoms with Gasteiger partial charge in [-0.15, -0.1) is 0 Å². The van der Waals surface area contributed by atoms with Gasteiger partial charge in [0.2, 0.25) is 5.82 Å². The lowest BCUT2D eigenvalue weighted by molar-refractivity contribution is -0.00397. The van der Waals surface area contributed by atoms with Gasteiger partial charge in [0.15, 0.2) is 18.2 Å². The Balaban J connectivity index is 1.50. The summed E-state index contributed by atoms with van der Waals surface area (Å²) in [6.45, 7) is 2.02.